The number of hydrogen-bond donors (Lipinski definition) is 1. The summed E-state index contributed by atoms with van der Waals surface area (Å²) in [6, 6.07) is 6.51. The highest BCUT2D eigenvalue weighted by Crippen LogP contribution is 2.32. The maximum absolute atomic E-state index is 6.06. The Kier molecular flexibility index (Phi) is 5.86. The van der Waals surface area contributed by atoms with Gasteiger partial charge < -0.3 is 10.1 Å². The van der Waals surface area contributed by atoms with Crippen LogP contribution in [0.1, 0.15) is 45.7 Å². The first-order chi connectivity index (χ1) is 8.84. The van der Waals surface area contributed by atoms with Crippen molar-refractivity contribution in [2.45, 2.75) is 47.0 Å². The van der Waals surface area contributed by atoms with Gasteiger partial charge in [0.1, 0.15) is 5.75 Å². The molecule has 0 aromatic heterocycles. The molecular formula is C17H29NO. The quantitative estimate of drug-likeness (QED) is 0.840. The molecular weight excluding hydrogens is 234 g/mol. The van der Waals surface area contributed by atoms with Crippen molar-refractivity contribution in [3.05, 3.63) is 29.3 Å². The Balaban J connectivity index is 2.74. The summed E-state index contributed by atoms with van der Waals surface area (Å²) in [5, 5.41) is 3.36. The van der Waals surface area contributed by atoms with Gasteiger partial charge in [-0.3, -0.25) is 0 Å². The van der Waals surface area contributed by atoms with Crippen LogP contribution in [0.4, 0.5) is 0 Å². The lowest BCUT2D eigenvalue weighted by atomic mass is 9.86. The fraction of sp³-hybridized carbons (Fsp3) is 0.647. The van der Waals surface area contributed by atoms with Crippen LogP contribution >= 0.6 is 0 Å². The molecule has 0 aliphatic heterocycles. The van der Waals surface area contributed by atoms with Gasteiger partial charge in [-0.1, -0.05) is 46.8 Å². The second-order valence-electron chi connectivity index (χ2n) is 6.47. The molecule has 108 valence electrons. The summed E-state index contributed by atoms with van der Waals surface area (Å²) in [5.41, 5.74) is 2.66. The average Bonchev–Trinajstić information content (AvgIpc) is 2.32. The molecule has 1 atom stereocenters. The Morgan fingerprint density at radius 3 is 2.53 bits per heavy atom. The minimum Gasteiger partial charge on any atom is -0.493 e. The topological polar surface area (TPSA) is 21.3 Å². The van der Waals surface area contributed by atoms with Crippen LogP contribution in [0, 0.1) is 12.8 Å². The molecule has 0 fully saturated rings. The molecule has 2 nitrogen and oxygen atoms in total. The van der Waals surface area contributed by atoms with Crippen molar-refractivity contribution in [2.24, 2.45) is 5.92 Å². The summed E-state index contributed by atoms with van der Waals surface area (Å²) in [7, 11) is 0. The standard InChI is InChI=1S/C17H29NO/c1-7-18-11-14(3)12-19-16-10-13(2)8-9-15(16)17(4,5)6/h8-10,14,18H,7,11-12H2,1-6H3. The van der Waals surface area contributed by atoms with Crippen LogP contribution in [0.15, 0.2) is 18.2 Å². The molecule has 0 heterocycles. The van der Waals surface area contributed by atoms with E-state index in [1.54, 1.807) is 0 Å². The fourth-order valence-corrected chi connectivity index (χ4v) is 2.05. The van der Waals surface area contributed by atoms with Crippen molar-refractivity contribution in [3.8, 4) is 5.75 Å². The van der Waals surface area contributed by atoms with Crippen LogP contribution in [-0.4, -0.2) is 19.7 Å². The van der Waals surface area contributed by atoms with Crippen molar-refractivity contribution in [1.82, 2.24) is 5.32 Å². The van der Waals surface area contributed by atoms with Gasteiger partial charge >= 0.3 is 0 Å². The van der Waals surface area contributed by atoms with E-state index in [-0.39, 0.29) is 5.41 Å². The highest BCUT2D eigenvalue weighted by Gasteiger charge is 2.19. The zero-order chi connectivity index (χ0) is 14.5. The summed E-state index contributed by atoms with van der Waals surface area (Å²) in [6.45, 7) is 15.9. The monoisotopic (exact) mass is 263 g/mol. The number of aryl methyl sites for hydroxylation is 1. The van der Waals surface area contributed by atoms with Crippen LogP contribution in [0.2, 0.25) is 0 Å². The van der Waals surface area contributed by atoms with E-state index in [0.29, 0.717) is 5.92 Å². The van der Waals surface area contributed by atoms with E-state index in [1.807, 2.05) is 0 Å². The number of rotatable bonds is 6. The van der Waals surface area contributed by atoms with E-state index >= 15 is 0 Å². The first-order valence-corrected chi connectivity index (χ1v) is 7.29. The Hall–Kier alpha value is -1.02. The molecule has 0 spiro atoms. The van der Waals surface area contributed by atoms with Crippen LogP contribution < -0.4 is 10.1 Å². The number of hydrogen-bond acceptors (Lipinski definition) is 2. The van der Waals surface area contributed by atoms with E-state index in [1.165, 1.54) is 11.1 Å². The van der Waals surface area contributed by atoms with Crippen LogP contribution in [0.25, 0.3) is 0 Å². The maximum Gasteiger partial charge on any atom is 0.123 e. The van der Waals surface area contributed by atoms with Gasteiger partial charge in [0.2, 0.25) is 0 Å². The summed E-state index contributed by atoms with van der Waals surface area (Å²) < 4.78 is 6.06. The Morgan fingerprint density at radius 1 is 1.26 bits per heavy atom. The number of ether oxygens (including phenoxy) is 1. The zero-order valence-electron chi connectivity index (χ0n) is 13.3. The second kappa shape index (κ2) is 6.95. The van der Waals surface area contributed by atoms with Gasteiger partial charge in [0, 0.05) is 12.5 Å². The number of benzene rings is 1. The van der Waals surface area contributed by atoms with E-state index in [0.717, 1.165) is 25.4 Å². The minimum atomic E-state index is 0.119. The molecule has 1 aromatic rings. The van der Waals surface area contributed by atoms with Gasteiger partial charge in [0.15, 0.2) is 0 Å². The van der Waals surface area contributed by atoms with Gasteiger partial charge in [0.05, 0.1) is 6.61 Å². The minimum absolute atomic E-state index is 0.119. The summed E-state index contributed by atoms with van der Waals surface area (Å²) >= 11 is 0. The molecule has 1 N–H and O–H groups in total. The van der Waals surface area contributed by atoms with E-state index in [9.17, 15) is 0 Å². The van der Waals surface area contributed by atoms with Gasteiger partial charge in [-0.2, -0.15) is 0 Å². The maximum atomic E-state index is 6.06. The van der Waals surface area contributed by atoms with Crippen molar-refractivity contribution < 1.29 is 4.74 Å². The molecule has 0 saturated heterocycles. The highest BCUT2D eigenvalue weighted by molar-refractivity contribution is 5.41. The van der Waals surface area contributed by atoms with Crippen molar-refractivity contribution in [1.29, 1.82) is 0 Å². The van der Waals surface area contributed by atoms with Gasteiger partial charge in [-0.15, -0.1) is 0 Å². The van der Waals surface area contributed by atoms with Gasteiger partial charge in [-0.25, -0.2) is 0 Å². The fourth-order valence-electron chi connectivity index (χ4n) is 2.05. The largest absolute Gasteiger partial charge is 0.493 e. The first kappa shape index (κ1) is 16.0. The summed E-state index contributed by atoms with van der Waals surface area (Å²) in [4.78, 5) is 0. The van der Waals surface area contributed by atoms with Crippen LogP contribution in [-0.2, 0) is 5.41 Å². The third kappa shape index (κ3) is 5.23. The third-order valence-electron chi connectivity index (χ3n) is 3.21. The zero-order valence-corrected chi connectivity index (χ0v) is 13.3. The normalized spacial score (nSPS) is 13.4. The second-order valence-corrected chi connectivity index (χ2v) is 6.47. The lowest BCUT2D eigenvalue weighted by Crippen LogP contribution is -2.25. The average molecular weight is 263 g/mol. The summed E-state index contributed by atoms with van der Waals surface area (Å²) in [6.07, 6.45) is 0. The molecule has 19 heavy (non-hydrogen) atoms. The molecule has 0 aliphatic carbocycles. The molecule has 1 unspecified atom stereocenters. The molecule has 0 radical (unpaired) electrons. The predicted molar refractivity (Wildman–Crippen MR) is 83.1 cm³/mol. The molecule has 0 amide bonds. The van der Waals surface area contributed by atoms with Gasteiger partial charge in [-0.05, 0) is 36.1 Å². The Labute approximate surface area is 118 Å². The van der Waals surface area contributed by atoms with Crippen molar-refractivity contribution >= 4 is 0 Å². The highest BCUT2D eigenvalue weighted by atomic mass is 16.5. The molecule has 0 aliphatic rings. The predicted octanol–water partition coefficient (Wildman–Crippen LogP) is 3.92. The molecule has 2 heteroatoms. The van der Waals surface area contributed by atoms with Crippen LogP contribution in [0.3, 0.4) is 0 Å². The third-order valence-corrected chi connectivity index (χ3v) is 3.21. The first-order valence-electron chi connectivity index (χ1n) is 7.29. The Bertz CT molecular complexity index is 393. The summed E-state index contributed by atoms with van der Waals surface area (Å²) in [5.74, 6) is 1.56. The SMILES string of the molecule is CCNCC(C)COc1cc(C)ccc1C(C)(C)C. The molecule has 1 rings (SSSR count). The molecule has 0 bridgehead atoms. The van der Waals surface area contributed by atoms with E-state index in [2.05, 4.69) is 65.1 Å². The lowest BCUT2D eigenvalue weighted by Gasteiger charge is -2.24. The van der Waals surface area contributed by atoms with Gasteiger partial charge in [0.25, 0.3) is 0 Å². The van der Waals surface area contributed by atoms with Crippen molar-refractivity contribution in [3.63, 3.8) is 0 Å². The Morgan fingerprint density at radius 2 is 1.95 bits per heavy atom. The number of nitrogens with one attached hydrogen (secondary N) is 1. The van der Waals surface area contributed by atoms with E-state index < -0.39 is 0 Å². The smallest absolute Gasteiger partial charge is 0.123 e. The molecule has 1 aromatic carbocycles. The lowest BCUT2D eigenvalue weighted by molar-refractivity contribution is 0.251. The van der Waals surface area contributed by atoms with E-state index in [4.69, 9.17) is 4.74 Å². The van der Waals surface area contributed by atoms with Crippen LogP contribution in [0.5, 0.6) is 5.75 Å². The molecule has 0 saturated carbocycles. The van der Waals surface area contributed by atoms with Crippen molar-refractivity contribution in [2.75, 3.05) is 19.7 Å².